The van der Waals surface area contributed by atoms with E-state index in [4.69, 9.17) is 11.6 Å². The maximum Gasteiger partial charge on any atom is 0.416 e. The van der Waals surface area contributed by atoms with Crippen molar-refractivity contribution in [1.29, 1.82) is 0 Å². The molecule has 1 heterocycles. The van der Waals surface area contributed by atoms with Gasteiger partial charge in [-0.15, -0.1) is 0 Å². The molecule has 1 fully saturated rings. The summed E-state index contributed by atoms with van der Waals surface area (Å²) >= 11 is 5.90. The summed E-state index contributed by atoms with van der Waals surface area (Å²) < 4.78 is 78.4. The zero-order valence-corrected chi connectivity index (χ0v) is 17.0. The van der Waals surface area contributed by atoms with Crippen LogP contribution in [0.1, 0.15) is 18.4 Å². The van der Waals surface area contributed by atoms with E-state index in [0.29, 0.717) is 12.8 Å². The van der Waals surface area contributed by atoms with Gasteiger partial charge in [-0.3, -0.25) is 4.79 Å². The maximum atomic E-state index is 13.1. The third-order valence-electron chi connectivity index (χ3n) is 4.76. The lowest BCUT2D eigenvalue weighted by atomic mass is 9.98. The van der Waals surface area contributed by atoms with E-state index < -0.39 is 39.4 Å². The van der Waals surface area contributed by atoms with E-state index in [1.54, 1.807) is 0 Å². The molecule has 1 saturated heterocycles. The largest absolute Gasteiger partial charge is 0.416 e. The highest BCUT2D eigenvalue weighted by Crippen LogP contribution is 2.34. The number of halogens is 5. The molecule has 162 valence electrons. The summed E-state index contributed by atoms with van der Waals surface area (Å²) in [6.07, 6.45) is -3.86. The van der Waals surface area contributed by atoms with Gasteiger partial charge in [0.25, 0.3) is 0 Å². The van der Waals surface area contributed by atoms with Gasteiger partial charge in [0.15, 0.2) is 0 Å². The van der Waals surface area contributed by atoms with Crippen molar-refractivity contribution < 1.29 is 30.8 Å². The second-order valence-corrected chi connectivity index (χ2v) is 9.18. The first kappa shape index (κ1) is 22.5. The van der Waals surface area contributed by atoms with Crippen LogP contribution in [-0.4, -0.2) is 31.7 Å². The Kier molecular flexibility index (Phi) is 6.40. The van der Waals surface area contributed by atoms with Crippen LogP contribution in [0.3, 0.4) is 0 Å². The number of carbonyl (C=O) groups is 1. The number of hydrogen-bond donors (Lipinski definition) is 1. The van der Waals surface area contributed by atoms with E-state index in [1.165, 1.54) is 0 Å². The summed E-state index contributed by atoms with van der Waals surface area (Å²) in [6.45, 7) is 0.0237. The van der Waals surface area contributed by atoms with Crippen molar-refractivity contribution in [3.63, 3.8) is 0 Å². The Bertz CT molecular complexity index is 1040. The number of hydrogen-bond acceptors (Lipinski definition) is 3. The first-order chi connectivity index (χ1) is 14.0. The molecule has 2 aromatic rings. The van der Waals surface area contributed by atoms with Crippen molar-refractivity contribution in [3.05, 3.63) is 58.9 Å². The Morgan fingerprint density at radius 2 is 1.80 bits per heavy atom. The van der Waals surface area contributed by atoms with Crippen molar-refractivity contribution in [1.82, 2.24) is 4.31 Å². The molecule has 0 aliphatic carbocycles. The molecule has 1 aliphatic heterocycles. The van der Waals surface area contributed by atoms with Crippen molar-refractivity contribution in [2.45, 2.75) is 23.9 Å². The van der Waals surface area contributed by atoms with Crippen LogP contribution in [0.2, 0.25) is 5.02 Å². The first-order valence-corrected chi connectivity index (χ1v) is 10.7. The van der Waals surface area contributed by atoms with Crippen LogP contribution in [0.4, 0.5) is 23.2 Å². The molecule has 1 atom stereocenters. The average Bonchev–Trinajstić information content (AvgIpc) is 2.69. The zero-order chi connectivity index (χ0) is 22.1. The zero-order valence-electron chi connectivity index (χ0n) is 15.4. The van der Waals surface area contributed by atoms with E-state index in [2.05, 4.69) is 5.32 Å². The third-order valence-corrected chi connectivity index (χ3v) is 6.97. The third kappa shape index (κ3) is 4.93. The van der Waals surface area contributed by atoms with Crippen LogP contribution < -0.4 is 5.32 Å². The predicted molar refractivity (Wildman–Crippen MR) is 103 cm³/mol. The van der Waals surface area contributed by atoms with Crippen molar-refractivity contribution in [2.75, 3.05) is 18.4 Å². The molecule has 1 aliphatic rings. The van der Waals surface area contributed by atoms with Gasteiger partial charge in [-0.1, -0.05) is 11.6 Å². The van der Waals surface area contributed by atoms with Gasteiger partial charge in [-0.2, -0.15) is 17.5 Å². The van der Waals surface area contributed by atoms with Crippen molar-refractivity contribution in [2.24, 2.45) is 5.92 Å². The number of sulfonamides is 1. The lowest BCUT2D eigenvalue weighted by molar-refractivity contribution is -0.137. The number of benzene rings is 2. The highest BCUT2D eigenvalue weighted by Gasteiger charge is 2.34. The SMILES string of the molecule is O=C(Nc1cc(C(F)(F)F)ccc1Cl)[C@H]1CCCN(S(=O)(=O)c2ccc(F)cc2)C1. The topological polar surface area (TPSA) is 66.5 Å². The minimum Gasteiger partial charge on any atom is -0.324 e. The number of nitrogens with one attached hydrogen (secondary N) is 1. The van der Waals surface area contributed by atoms with Gasteiger partial charge in [0, 0.05) is 13.1 Å². The van der Waals surface area contributed by atoms with Crippen LogP contribution in [-0.2, 0) is 21.0 Å². The molecule has 1 N–H and O–H groups in total. The van der Waals surface area contributed by atoms with Gasteiger partial charge in [0.1, 0.15) is 5.82 Å². The van der Waals surface area contributed by atoms with Gasteiger partial charge in [-0.25, -0.2) is 12.8 Å². The van der Waals surface area contributed by atoms with Crippen LogP contribution in [0, 0.1) is 11.7 Å². The smallest absolute Gasteiger partial charge is 0.324 e. The van der Waals surface area contributed by atoms with Crippen molar-refractivity contribution >= 4 is 33.2 Å². The first-order valence-electron chi connectivity index (χ1n) is 8.92. The fraction of sp³-hybridized carbons (Fsp3) is 0.316. The summed E-state index contributed by atoms with van der Waals surface area (Å²) in [7, 11) is -3.94. The van der Waals surface area contributed by atoms with Gasteiger partial charge < -0.3 is 5.32 Å². The Hall–Kier alpha value is -2.17. The molecule has 1 amide bonds. The monoisotopic (exact) mass is 464 g/mol. The minimum atomic E-state index is -4.60. The second-order valence-electron chi connectivity index (χ2n) is 6.84. The van der Waals surface area contributed by atoms with E-state index in [9.17, 15) is 30.8 Å². The Morgan fingerprint density at radius 3 is 2.43 bits per heavy atom. The van der Waals surface area contributed by atoms with Gasteiger partial charge in [0.2, 0.25) is 15.9 Å². The lowest BCUT2D eigenvalue weighted by Gasteiger charge is -2.31. The number of carbonyl (C=O) groups excluding carboxylic acids is 1. The van der Waals surface area contributed by atoms with E-state index in [1.807, 2.05) is 0 Å². The van der Waals surface area contributed by atoms with E-state index >= 15 is 0 Å². The van der Waals surface area contributed by atoms with Gasteiger partial charge >= 0.3 is 6.18 Å². The molecule has 2 aromatic carbocycles. The summed E-state index contributed by atoms with van der Waals surface area (Å²) in [6, 6.07) is 6.89. The summed E-state index contributed by atoms with van der Waals surface area (Å²) in [5.74, 6) is -1.99. The number of rotatable bonds is 4. The van der Waals surface area contributed by atoms with Gasteiger partial charge in [-0.05, 0) is 55.3 Å². The number of amides is 1. The fourth-order valence-electron chi connectivity index (χ4n) is 3.16. The normalized spacial score (nSPS) is 18.2. The number of anilines is 1. The molecule has 0 radical (unpaired) electrons. The van der Waals surface area contributed by atoms with Gasteiger partial charge in [0.05, 0.1) is 27.1 Å². The molecule has 0 unspecified atom stereocenters. The highest BCUT2D eigenvalue weighted by atomic mass is 35.5. The molecule has 0 aromatic heterocycles. The molecular formula is C19H17ClF4N2O3S. The summed E-state index contributed by atoms with van der Waals surface area (Å²) in [5, 5.41) is 2.30. The Balaban J connectivity index is 1.76. The average molecular weight is 465 g/mol. The van der Waals surface area contributed by atoms with Crippen molar-refractivity contribution in [3.8, 4) is 0 Å². The second kappa shape index (κ2) is 8.52. The Labute approximate surface area is 175 Å². The van der Waals surface area contributed by atoms with E-state index in [-0.39, 0.29) is 28.7 Å². The highest BCUT2D eigenvalue weighted by molar-refractivity contribution is 7.89. The number of alkyl halides is 3. The quantitative estimate of drug-likeness (QED) is 0.676. The van der Waals surface area contributed by atoms with Crippen LogP contribution >= 0.6 is 11.6 Å². The minimum absolute atomic E-state index is 0.0667. The molecule has 11 heteroatoms. The Morgan fingerprint density at radius 1 is 1.13 bits per heavy atom. The number of nitrogens with zero attached hydrogens (tertiary/aromatic N) is 1. The number of piperidine rings is 1. The molecular weight excluding hydrogens is 448 g/mol. The molecule has 0 spiro atoms. The standard InChI is InChI=1S/C19H17ClF4N2O3S/c20-16-8-3-13(19(22,23)24)10-17(16)25-18(27)12-2-1-9-26(11-12)30(28,29)15-6-4-14(21)5-7-15/h3-8,10,12H,1-2,9,11H2,(H,25,27)/t12-/m0/s1. The van der Waals surface area contributed by atoms with E-state index in [0.717, 1.165) is 46.8 Å². The lowest BCUT2D eigenvalue weighted by Crippen LogP contribution is -2.43. The van der Waals surface area contributed by atoms with Crippen LogP contribution in [0.25, 0.3) is 0 Å². The fourth-order valence-corrected chi connectivity index (χ4v) is 4.85. The van der Waals surface area contributed by atoms with Crippen LogP contribution in [0.15, 0.2) is 47.4 Å². The predicted octanol–water partition coefficient (Wildman–Crippen LogP) is 4.54. The summed E-state index contributed by atoms with van der Waals surface area (Å²) in [4.78, 5) is 12.5. The molecule has 30 heavy (non-hydrogen) atoms. The molecule has 3 rings (SSSR count). The van der Waals surface area contributed by atoms with Crippen LogP contribution in [0.5, 0.6) is 0 Å². The molecule has 0 bridgehead atoms. The molecule has 0 saturated carbocycles. The maximum absolute atomic E-state index is 13.1. The summed E-state index contributed by atoms with van der Waals surface area (Å²) in [5.41, 5.74) is -1.17. The molecule has 5 nitrogen and oxygen atoms in total.